The van der Waals surface area contributed by atoms with Crippen LogP contribution in [0.5, 0.6) is 0 Å². The van der Waals surface area contributed by atoms with Gasteiger partial charge in [-0.1, -0.05) is 48.5 Å². The smallest absolute Gasteiger partial charge is 0.330 e. The van der Waals surface area contributed by atoms with Crippen LogP contribution in [0.1, 0.15) is 24.0 Å². The molecule has 7 heteroatoms. The zero-order valence-electron chi connectivity index (χ0n) is 22.0. The number of amides is 2. The Bertz CT molecular complexity index is 1300. The van der Waals surface area contributed by atoms with E-state index in [2.05, 4.69) is 51.4 Å². The van der Waals surface area contributed by atoms with E-state index < -0.39 is 5.97 Å². The van der Waals surface area contributed by atoms with Crippen molar-refractivity contribution in [1.82, 2.24) is 5.32 Å². The van der Waals surface area contributed by atoms with Gasteiger partial charge in [0.15, 0.2) is 0 Å². The maximum atomic E-state index is 13.7. The highest BCUT2D eigenvalue weighted by Gasteiger charge is 2.29. The van der Waals surface area contributed by atoms with E-state index in [0.717, 1.165) is 33.6 Å². The van der Waals surface area contributed by atoms with Crippen molar-refractivity contribution in [3.05, 3.63) is 90.0 Å². The molecule has 2 amide bonds. The Morgan fingerprint density at radius 2 is 1.66 bits per heavy atom. The van der Waals surface area contributed by atoms with Crippen LogP contribution in [-0.4, -0.2) is 45.5 Å². The highest BCUT2D eigenvalue weighted by molar-refractivity contribution is 5.96. The van der Waals surface area contributed by atoms with E-state index >= 15 is 0 Å². The number of ether oxygens (including phenoxy) is 1. The lowest BCUT2D eigenvalue weighted by Crippen LogP contribution is -2.44. The predicted octanol–water partition coefficient (Wildman–Crippen LogP) is 4.67. The molecule has 3 aromatic rings. The molecule has 3 aromatic carbocycles. The van der Waals surface area contributed by atoms with Crippen LogP contribution in [0.4, 0.5) is 11.4 Å². The van der Waals surface area contributed by atoms with Crippen molar-refractivity contribution in [3.8, 4) is 11.1 Å². The fourth-order valence-electron chi connectivity index (χ4n) is 4.43. The van der Waals surface area contributed by atoms with E-state index in [1.165, 1.54) is 13.2 Å². The van der Waals surface area contributed by atoms with Crippen molar-refractivity contribution in [1.29, 1.82) is 0 Å². The van der Waals surface area contributed by atoms with Crippen molar-refractivity contribution in [2.75, 3.05) is 37.5 Å². The van der Waals surface area contributed by atoms with Gasteiger partial charge in [-0.3, -0.25) is 9.59 Å². The molecule has 0 radical (unpaired) electrons. The molecule has 0 unspecified atom stereocenters. The van der Waals surface area contributed by atoms with E-state index in [4.69, 9.17) is 0 Å². The summed E-state index contributed by atoms with van der Waals surface area (Å²) in [6.45, 7) is 0.714. The molecule has 1 aliphatic heterocycles. The van der Waals surface area contributed by atoms with Gasteiger partial charge < -0.3 is 19.9 Å². The van der Waals surface area contributed by atoms with Gasteiger partial charge in [0.1, 0.15) is 0 Å². The molecule has 196 valence electrons. The number of carbonyl (C=O) groups is 3. The number of esters is 1. The summed E-state index contributed by atoms with van der Waals surface area (Å²) in [5.41, 5.74) is 5.85. The molecule has 38 heavy (non-hydrogen) atoms. The molecule has 1 aliphatic rings. The van der Waals surface area contributed by atoms with E-state index in [1.54, 1.807) is 11.0 Å². The Morgan fingerprint density at radius 3 is 2.26 bits per heavy atom. The minimum atomic E-state index is -0.447. The number of carbonyl (C=O) groups excluding carboxylic acids is 3. The maximum absolute atomic E-state index is 13.7. The zero-order chi connectivity index (χ0) is 27.1. The van der Waals surface area contributed by atoms with Crippen LogP contribution >= 0.6 is 0 Å². The highest BCUT2D eigenvalue weighted by Crippen LogP contribution is 2.27. The van der Waals surface area contributed by atoms with Crippen LogP contribution < -0.4 is 15.1 Å². The third-order valence-electron chi connectivity index (χ3n) is 6.69. The Labute approximate surface area is 223 Å². The maximum Gasteiger partial charge on any atom is 0.330 e. The van der Waals surface area contributed by atoms with E-state index in [-0.39, 0.29) is 17.7 Å². The predicted molar refractivity (Wildman–Crippen MR) is 151 cm³/mol. The summed E-state index contributed by atoms with van der Waals surface area (Å²) in [6.07, 6.45) is 3.87. The quantitative estimate of drug-likeness (QED) is 0.351. The molecule has 0 bridgehead atoms. The summed E-state index contributed by atoms with van der Waals surface area (Å²) in [5, 5.41) is 2.82. The fourth-order valence-corrected chi connectivity index (χ4v) is 4.43. The minimum absolute atomic E-state index is 0.0234. The van der Waals surface area contributed by atoms with Gasteiger partial charge >= 0.3 is 5.97 Å². The number of anilines is 2. The second-order valence-electron chi connectivity index (χ2n) is 9.55. The van der Waals surface area contributed by atoms with E-state index in [9.17, 15) is 14.4 Å². The van der Waals surface area contributed by atoms with Gasteiger partial charge in [0, 0.05) is 44.5 Å². The third kappa shape index (κ3) is 6.68. The van der Waals surface area contributed by atoms with Crippen LogP contribution in [0.15, 0.2) is 78.9 Å². The second kappa shape index (κ2) is 12.2. The van der Waals surface area contributed by atoms with Gasteiger partial charge in [-0.05, 0) is 59.0 Å². The van der Waals surface area contributed by atoms with Gasteiger partial charge in [-0.15, -0.1) is 0 Å². The first-order valence-corrected chi connectivity index (χ1v) is 12.6. The van der Waals surface area contributed by atoms with Crippen molar-refractivity contribution < 1.29 is 19.1 Å². The molecular weight excluding hydrogens is 478 g/mol. The lowest BCUT2D eigenvalue weighted by atomic mass is 9.96. The van der Waals surface area contributed by atoms with E-state index in [0.29, 0.717) is 25.9 Å². The summed E-state index contributed by atoms with van der Waals surface area (Å²) >= 11 is 0. The first-order valence-electron chi connectivity index (χ1n) is 12.6. The number of piperidine rings is 1. The molecule has 1 fully saturated rings. The number of benzene rings is 3. The summed E-state index contributed by atoms with van der Waals surface area (Å²) in [7, 11) is 5.36. The van der Waals surface area contributed by atoms with Crippen LogP contribution in [0.3, 0.4) is 0 Å². The molecule has 7 nitrogen and oxygen atoms in total. The Morgan fingerprint density at radius 1 is 0.974 bits per heavy atom. The van der Waals surface area contributed by atoms with Crippen LogP contribution in [0.25, 0.3) is 17.2 Å². The topological polar surface area (TPSA) is 79.0 Å². The zero-order valence-corrected chi connectivity index (χ0v) is 22.0. The van der Waals surface area contributed by atoms with Crippen molar-refractivity contribution in [2.45, 2.75) is 19.4 Å². The van der Waals surface area contributed by atoms with Crippen LogP contribution in [0, 0.1) is 5.92 Å². The fraction of sp³-hybridized carbons (Fsp3) is 0.258. The van der Waals surface area contributed by atoms with Crippen molar-refractivity contribution in [2.24, 2.45) is 5.92 Å². The SMILES string of the molecule is COC(=O)/C=C/c1cccc(N(Cc2ccc(-c3ccc(N(C)C)cc3)cc2)C(=O)[C@H]2CCC(=O)NC2)c1. The summed E-state index contributed by atoms with van der Waals surface area (Å²) < 4.78 is 4.69. The molecular formula is C31H33N3O4. The van der Waals surface area contributed by atoms with Gasteiger partial charge in [0.25, 0.3) is 0 Å². The largest absolute Gasteiger partial charge is 0.466 e. The van der Waals surface area contributed by atoms with Gasteiger partial charge in [0.05, 0.1) is 19.6 Å². The Balaban J connectivity index is 1.59. The number of hydrogen-bond acceptors (Lipinski definition) is 5. The monoisotopic (exact) mass is 511 g/mol. The van der Waals surface area contributed by atoms with Crippen LogP contribution in [-0.2, 0) is 25.7 Å². The average Bonchev–Trinajstić information content (AvgIpc) is 2.95. The molecule has 1 heterocycles. The van der Waals surface area contributed by atoms with Crippen molar-refractivity contribution in [3.63, 3.8) is 0 Å². The standard InChI is InChI=1S/C31H33N3O4/c1-33(2)27-15-12-25(13-16-27)24-10-7-23(8-11-24)21-34(31(37)26-14-17-29(35)32-20-26)28-6-4-5-22(19-28)9-18-30(36)38-3/h4-13,15-16,18-19,26H,14,17,20-21H2,1-3H3,(H,32,35)/b18-9+/t26-/m0/s1. The molecule has 1 N–H and O–H groups in total. The molecule has 0 saturated carbocycles. The molecule has 4 rings (SSSR count). The lowest BCUT2D eigenvalue weighted by molar-refractivity contribution is -0.134. The first-order chi connectivity index (χ1) is 18.3. The molecule has 0 aromatic heterocycles. The van der Waals surface area contributed by atoms with Crippen molar-refractivity contribution >= 4 is 35.2 Å². The number of nitrogens with one attached hydrogen (secondary N) is 1. The molecule has 0 aliphatic carbocycles. The second-order valence-corrected chi connectivity index (χ2v) is 9.55. The highest BCUT2D eigenvalue weighted by atomic mass is 16.5. The Kier molecular flexibility index (Phi) is 8.58. The van der Waals surface area contributed by atoms with Gasteiger partial charge in [-0.2, -0.15) is 0 Å². The number of nitrogens with zero attached hydrogens (tertiary/aromatic N) is 2. The molecule has 0 spiro atoms. The number of hydrogen-bond donors (Lipinski definition) is 1. The molecule has 1 saturated heterocycles. The minimum Gasteiger partial charge on any atom is -0.466 e. The summed E-state index contributed by atoms with van der Waals surface area (Å²) in [4.78, 5) is 40.7. The van der Waals surface area contributed by atoms with Crippen LogP contribution in [0.2, 0.25) is 0 Å². The number of rotatable bonds is 8. The lowest BCUT2D eigenvalue weighted by Gasteiger charge is -2.30. The number of methoxy groups -OCH3 is 1. The molecule has 1 atom stereocenters. The normalized spacial score (nSPS) is 15.1. The Hall–Kier alpha value is -4.39. The first kappa shape index (κ1) is 26.7. The average molecular weight is 512 g/mol. The summed E-state index contributed by atoms with van der Waals surface area (Å²) in [6, 6.07) is 24.1. The van der Waals surface area contributed by atoms with Gasteiger partial charge in [0.2, 0.25) is 11.8 Å². The third-order valence-corrected chi connectivity index (χ3v) is 6.69. The van der Waals surface area contributed by atoms with Gasteiger partial charge in [-0.25, -0.2) is 4.79 Å². The summed E-state index contributed by atoms with van der Waals surface area (Å²) in [5.74, 6) is -0.804. The van der Waals surface area contributed by atoms with E-state index in [1.807, 2.05) is 50.5 Å².